The highest BCUT2D eigenvalue weighted by atomic mass is 16.3. The predicted octanol–water partition coefficient (Wildman–Crippen LogP) is 3.34. The van der Waals surface area contributed by atoms with E-state index >= 15 is 0 Å². The highest BCUT2D eigenvalue weighted by molar-refractivity contribution is 4.87. The maximum absolute atomic E-state index is 4.97. The summed E-state index contributed by atoms with van der Waals surface area (Å²) in [5, 5.41) is 0. The minimum absolute atomic E-state index is 0.734. The van der Waals surface area contributed by atoms with Crippen LogP contribution in [0.15, 0.2) is 10.6 Å². The summed E-state index contributed by atoms with van der Waals surface area (Å²) >= 11 is 0. The smallest absolute Gasteiger partial charge is 0.191 e. The van der Waals surface area contributed by atoms with Crippen LogP contribution in [0.5, 0.6) is 0 Å². The monoisotopic (exact) mass is 157 g/mol. The van der Waals surface area contributed by atoms with E-state index in [1.807, 2.05) is 41.5 Å². The summed E-state index contributed by atoms with van der Waals surface area (Å²) in [5.41, 5.74) is 0. The minimum Gasteiger partial charge on any atom is -0.446 e. The van der Waals surface area contributed by atoms with Crippen LogP contribution in [0.4, 0.5) is 0 Å². The average molecular weight is 157 g/mol. The van der Waals surface area contributed by atoms with Gasteiger partial charge >= 0.3 is 0 Å². The van der Waals surface area contributed by atoms with Crippen LogP contribution >= 0.6 is 0 Å². The van der Waals surface area contributed by atoms with E-state index in [9.17, 15) is 0 Å². The lowest BCUT2D eigenvalue weighted by molar-refractivity contribution is 0.494. The molecule has 0 N–H and O–H groups in total. The Kier molecular flexibility index (Phi) is 10.8. The number of nitrogens with zero attached hydrogens (tertiary/aromatic N) is 1. The Morgan fingerprint density at radius 3 is 1.64 bits per heavy atom. The average Bonchev–Trinajstić information content (AvgIpc) is 2.43. The summed E-state index contributed by atoms with van der Waals surface area (Å²) < 4.78 is 4.97. The Bertz CT molecular complexity index is 142. The predicted molar refractivity (Wildman–Crippen MR) is 48.7 cm³/mol. The Morgan fingerprint density at radius 2 is 1.55 bits per heavy atom. The van der Waals surface area contributed by atoms with Crippen molar-refractivity contribution in [3.05, 3.63) is 17.8 Å². The van der Waals surface area contributed by atoms with Crippen molar-refractivity contribution < 1.29 is 4.42 Å². The van der Waals surface area contributed by atoms with E-state index in [2.05, 4.69) is 4.98 Å². The van der Waals surface area contributed by atoms with Gasteiger partial charge in [0, 0.05) is 6.92 Å². The van der Waals surface area contributed by atoms with E-state index in [4.69, 9.17) is 4.42 Å². The molecule has 0 unspecified atom stereocenters. The van der Waals surface area contributed by atoms with Crippen molar-refractivity contribution >= 4 is 0 Å². The van der Waals surface area contributed by atoms with Crippen LogP contribution in [-0.2, 0) is 0 Å². The first-order valence-corrected chi connectivity index (χ1v) is 4.18. The van der Waals surface area contributed by atoms with Crippen molar-refractivity contribution in [2.75, 3.05) is 0 Å². The van der Waals surface area contributed by atoms with Crippen molar-refractivity contribution in [2.24, 2.45) is 0 Å². The normalized spacial score (nSPS) is 7.09. The highest BCUT2D eigenvalue weighted by Gasteiger charge is 1.87. The maximum Gasteiger partial charge on any atom is 0.191 e. The van der Waals surface area contributed by atoms with Crippen molar-refractivity contribution in [3.8, 4) is 0 Å². The SMILES string of the molecule is CC.CC.Cc1cnc(C)o1. The van der Waals surface area contributed by atoms with E-state index in [1.165, 1.54) is 0 Å². The standard InChI is InChI=1S/C5H7NO.2C2H6/c1-4-3-6-5(2)7-4;2*1-2/h3H,1-2H3;2*1-2H3. The molecule has 0 atom stereocenters. The van der Waals surface area contributed by atoms with Crippen LogP contribution in [0.2, 0.25) is 0 Å². The van der Waals surface area contributed by atoms with Crippen LogP contribution in [0.1, 0.15) is 39.3 Å². The molecule has 0 aliphatic carbocycles. The van der Waals surface area contributed by atoms with Gasteiger partial charge in [-0.15, -0.1) is 0 Å². The Hall–Kier alpha value is -0.790. The van der Waals surface area contributed by atoms with Crippen LogP contribution < -0.4 is 0 Å². The topological polar surface area (TPSA) is 26.0 Å². The number of rotatable bonds is 0. The van der Waals surface area contributed by atoms with E-state index < -0.39 is 0 Å². The molecule has 66 valence electrons. The maximum atomic E-state index is 4.97. The molecular weight excluding hydrogens is 138 g/mol. The molecule has 11 heavy (non-hydrogen) atoms. The first-order valence-electron chi connectivity index (χ1n) is 4.18. The van der Waals surface area contributed by atoms with Crippen molar-refractivity contribution in [1.82, 2.24) is 4.98 Å². The van der Waals surface area contributed by atoms with Gasteiger partial charge < -0.3 is 4.42 Å². The minimum atomic E-state index is 0.734. The molecule has 1 aromatic heterocycles. The molecular formula is C9H19NO. The number of hydrogen-bond acceptors (Lipinski definition) is 2. The molecule has 0 amide bonds. The molecule has 1 rings (SSSR count). The third-order valence-electron chi connectivity index (χ3n) is 0.737. The van der Waals surface area contributed by atoms with Gasteiger partial charge in [-0.1, -0.05) is 27.7 Å². The van der Waals surface area contributed by atoms with Gasteiger partial charge in [0.1, 0.15) is 5.76 Å². The fourth-order valence-corrected chi connectivity index (χ4v) is 0.467. The second-order valence-corrected chi connectivity index (χ2v) is 1.49. The van der Waals surface area contributed by atoms with E-state index in [0.29, 0.717) is 0 Å². The molecule has 0 saturated heterocycles. The Morgan fingerprint density at radius 1 is 1.09 bits per heavy atom. The number of aryl methyl sites for hydroxylation is 2. The van der Waals surface area contributed by atoms with E-state index in [-0.39, 0.29) is 0 Å². The summed E-state index contributed by atoms with van der Waals surface area (Å²) in [6.45, 7) is 11.7. The van der Waals surface area contributed by atoms with Crippen LogP contribution in [0, 0.1) is 13.8 Å². The van der Waals surface area contributed by atoms with Gasteiger partial charge in [-0.05, 0) is 6.92 Å². The second-order valence-electron chi connectivity index (χ2n) is 1.49. The molecule has 0 spiro atoms. The van der Waals surface area contributed by atoms with Crippen molar-refractivity contribution in [3.63, 3.8) is 0 Å². The zero-order chi connectivity index (χ0) is 9.28. The first kappa shape index (κ1) is 12.8. The molecule has 0 radical (unpaired) electrons. The molecule has 0 saturated carbocycles. The Labute approximate surface area is 69.6 Å². The lowest BCUT2D eigenvalue weighted by atomic mass is 10.6. The molecule has 2 heteroatoms. The molecule has 0 aliphatic heterocycles. The molecule has 0 bridgehead atoms. The van der Waals surface area contributed by atoms with E-state index in [1.54, 1.807) is 6.20 Å². The number of aromatic nitrogens is 1. The number of oxazole rings is 1. The van der Waals surface area contributed by atoms with Crippen LogP contribution in [0.25, 0.3) is 0 Å². The fourth-order valence-electron chi connectivity index (χ4n) is 0.467. The van der Waals surface area contributed by atoms with Gasteiger partial charge in [-0.3, -0.25) is 0 Å². The summed E-state index contributed by atoms with van der Waals surface area (Å²) in [7, 11) is 0. The molecule has 1 heterocycles. The van der Waals surface area contributed by atoms with Crippen molar-refractivity contribution in [2.45, 2.75) is 41.5 Å². The third kappa shape index (κ3) is 7.10. The molecule has 0 aliphatic rings. The first-order chi connectivity index (χ1) is 5.29. The summed E-state index contributed by atoms with van der Waals surface area (Å²) in [5.74, 6) is 1.61. The van der Waals surface area contributed by atoms with Crippen LogP contribution in [0.3, 0.4) is 0 Å². The second kappa shape index (κ2) is 9.21. The molecule has 2 nitrogen and oxygen atoms in total. The zero-order valence-electron chi connectivity index (χ0n) is 8.43. The molecule has 0 aromatic carbocycles. The van der Waals surface area contributed by atoms with Gasteiger partial charge in [0.25, 0.3) is 0 Å². The molecule has 0 fully saturated rings. The third-order valence-corrected chi connectivity index (χ3v) is 0.737. The van der Waals surface area contributed by atoms with Gasteiger partial charge in [-0.2, -0.15) is 0 Å². The largest absolute Gasteiger partial charge is 0.446 e. The summed E-state index contributed by atoms with van der Waals surface area (Å²) in [6.07, 6.45) is 1.70. The van der Waals surface area contributed by atoms with Crippen LogP contribution in [-0.4, -0.2) is 4.98 Å². The van der Waals surface area contributed by atoms with Gasteiger partial charge in [0.15, 0.2) is 5.89 Å². The number of hydrogen-bond donors (Lipinski definition) is 0. The van der Waals surface area contributed by atoms with E-state index in [0.717, 1.165) is 11.7 Å². The van der Waals surface area contributed by atoms with Gasteiger partial charge in [0.2, 0.25) is 0 Å². The lowest BCUT2D eigenvalue weighted by Crippen LogP contribution is -1.59. The van der Waals surface area contributed by atoms with Crippen molar-refractivity contribution in [1.29, 1.82) is 0 Å². The van der Waals surface area contributed by atoms with Gasteiger partial charge in [-0.25, -0.2) is 4.98 Å². The summed E-state index contributed by atoms with van der Waals surface area (Å²) in [4.78, 5) is 3.85. The summed E-state index contributed by atoms with van der Waals surface area (Å²) in [6, 6.07) is 0. The molecule has 1 aromatic rings. The quantitative estimate of drug-likeness (QED) is 0.577. The fraction of sp³-hybridized carbons (Fsp3) is 0.667. The highest BCUT2D eigenvalue weighted by Crippen LogP contribution is 1.96. The zero-order valence-corrected chi connectivity index (χ0v) is 8.43. The Balaban J connectivity index is 0. The van der Waals surface area contributed by atoms with Gasteiger partial charge in [0.05, 0.1) is 6.20 Å². The lowest BCUT2D eigenvalue weighted by Gasteiger charge is -1.73.